The van der Waals surface area contributed by atoms with E-state index in [1.807, 2.05) is 11.4 Å². The van der Waals surface area contributed by atoms with Gasteiger partial charge in [0.1, 0.15) is 16.5 Å². The fourth-order valence-corrected chi connectivity index (χ4v) is 3.34. The molecule has 0 amide bonds. The molecule has 96 valence electrons. The Morgan fingerprint density at radius 2 is 2.28 bits per heavy atom. The molecule has 0 aromatic carbocycles. The van der Waals surface area contributed by atoms with Crippen LogP contribution >= 0.6 is 11.3 Å². The van der Waals surface area contributed by atoms with Crippen LogP contribution < -0.4 is 5.73 Å². The van der Waals surface area contributed by atoms with Crippen molar-refractivity contribution in [2.24, 2.45) is 5.41 Å². The first-order chi connectivity index (χ1) is 8.53. The lowest BCUT2D eigenvalue weighted by Crippen LogP contribution is -2.24. The van der Waals surface area contributed by atoms with E-state index in [1.165, 1.54) is 6.42 Å². The second-order valence-electron chi connectivity index (χ2n) is 5.79. The molecule has 0 saturated carbocycles. The van der Waals surface area contributed by atoms with Crippen LogP contribution in [0.3, 0.4) is 0 Å². The monoisotopic (exact) mass is 262 g/mol. The Balaban J connectivity index is 1.83. The van der Waals surface area contributed by atoms with Crippen molar-refractivity contribution in [3.63, 3.8) is 0 Å². The van der Waals surface area contributed by atoms with E-state index in [2.05, 4.69) is 28.7 Å². The summed E-state index contributed by atoms with van der Waals surface area (Å²) in [6.45, 7) is 7.66. The van der Waals surface area contributed by atoms with E-state index in [-0.39, 0.29) is 0 Å². The van der Waals surface area contributed by atoms with Gasteiger partial charge in [-0.1, -0.05) is 13.8 Å². The van der Waals surface area contributed by atoms with E-state index in [0.717, 1.165) is 35.7 Å². The van der Waals surface area contributed by atoms with Gasteiger partial charge in [-0.2, -0.15) is 0 Å². The molecule has 3 heterocycles. The van der Waals surface area contributed by atoms with Gasteiger partial charge in [0, 0.05) is 6.54 Å². The van der Waals surface area contributed by atoms with Crippen LogP contribution in [-0.4, -0.2) is 28.0 Å². The number of fused-ring (bicyclic) bond motifs is 1. The van der Waals surface area contributed by atoms with Gasteiger partial charge >= 0.3 is 0 Å². The molecule has 0 bridgehead atoms. The van der Waals surface area contributed by atoms with Crippen LogP contribution in [0.15, 0.2) is 11.4 Å². The Kier molecular flexibility index (Phi) is 2.75. The van der Waals surface area contributed by atoms with Gasteiger partial charge in [0.15, 0.2) is 0 Å². The minimum atomic E-state index is 0.415. The lowest BCUT2D eigenvalue weighted by Gasteiger charge is -2.18. The van der Waals surface area contributed by atoms with Gasteiger partial charge < -0.3 is 5.73 Å². The van der Waals surface area contributed by atoms with E-state index in [1.54, 1.807) is 11.3 Å². The molecule has 0 atom stereocenters. The van der Waals surface area contributed by atoms with Gasteiger partial charge in [0.25, 0.3) is 0 Å². The lowest BCUT2D eigenvalue weighted by molar-refractivity contribution is 0.279. The predicted molar refractivity (Wildman–Crippen MR) is 75.5 cm³/mol. The number of likely N-dealkylation sites (tertiary alicyclic amines) is 1. The van der Waals surface area contributed by atoms with Crippen molar-refractivity contribution in [3.8, 4) is 0 Å². The molecule has 1 aliphatic rings. The molecule has 18 heavy (non-hydrogen) atoms. The van der Waals surface area contributed by atoms with Gasteiger partial charge in [-0.3, -0.25) is 4.90 Å². The van der Waals surface area contributed by atoms with Crippen LogP contribution in [0.25, 0.3) is 10.2 Å². The molecule has 2 N–H and O–H groups in total. The molecule has 0 radical (unpaired) electrons. The van der Waals surface area contributed by atoms with Crippen molar-refractivity contribution in [3.05, 3.63) is 17.3 Å². The summed E-state index contributed by atoms with van der Waals surface area (Å²) in [5, 5.41) is 2.99. The predicted octanol–water partition coefficient (Wildman–Crippen LogP) is 2.51. The van der Waals surface area contributed by atoms with Crippen LogP contribution in [0, 0.1) is 5.41 Å². The smallest absolute Gasteiger partial charge is 0.146 e. The maximum Gasteiger partial charge on any atom is 0.146 e. The number of nitrogens with two attached hydrogens (primary N) is 1. The van der Waals surface area contributed by atoms with E-state index in [9.17, 15) is 0 Å². The zero-order valence-corrected chi connectivity index (χ0v) is 11.6. The first-order valence-corrected chi connectivity index (χ1v) is 7.13. The second kappa shape index (κ2) is 4.17. The molecule has 0 unspecified atom stereocenters. The van der Waals surface area contributed by atoms with Gasteiger partial charge in [-0.05, 0) is 29.8 Å². The Bertz CT molecular complexity index is 575. The largest absolute Gasteiger partial charge is 0.383 e. The third kappa shape index (κ3) is 2.20. The van der Waals surface area contributed by atoms with E-state index >= 15 is 0 Å². The summed E-state index contributed by atoms with van der Waals surface area (Å²) in [6.07, 6.45) is 1.24. The average molecular weight is 262 g/mol. The van der Waals surface area contributed by atoms with Gasteiger partial charge in [-0.25, -0.2) is 9.97 Å². The van der Waals surface area contributed by atoms with Gasteiger partial charge in [0.05, 0.1) is 11.9 Å². The summed E-state index contributed by atoms with van der Waals surface area (Å²) in [4.78, 5) is 12.4. The maximum atomic E-state index is 5.97. The molecule has 4 nitrogen and oxygen atoms in total. The van der Waals surface area contributed by atoms with Crippen LogP contribution in [0.5, 0.6) is 0 Å². The summed E-state index contributed by atoms with van der Waals surface area (Å²) in [5.41, 5.74) is 6.38. The van der Waals surface area contributed by atoms with Crippen LogP contribution in [0.1, 0.15) is 26.1 Å². The Morgan fingerprint density at radius 3 is 3.00 bits per heavy atom. The summed E-state index contributed by atoms with van der Waals surface area (Å²) in [7, 11) is 0. The lowest BCUT2D eigenvalue weighted by atomic mass is 9.93. The van der Waals surface area contributed by atoms with Gasteiger partial charge in [0.2, 0.25) is 0 Å². The Morgan fingerprint density at radius 1 is 1.44 bits per heavy atom. The van der Waals surface area contributed by atoms with E-state index in [4.69, 9.17) is 5.73 Å². The number of nitrogens with zero attached hydrogens (tertiary/aromatic N) is 3. The molecule has 3 rings (SSSR count). The normalized spacial score (nSPS) is 19.7. The minimum absolute atomic E-state index is 0.415. The van der Waals surface area contributed by atoms with Crippen LogP contribution in [0.4, 0.5) is 5.82 Å². The first-order valence-electron chi connectivity index (χ1n) is 6.25. The highest BCUT2D eigenvalue weighted by Gasteiger charge is 2.29. The highest BCUT2D eigenvalue weighted by Crippen LogP contribution is 2.30. The van der Waals surface area contributed by atoms with E-state index < -0.39 is 0 Å². The summed E-state index contributed by atoms with van der Waals surface area (Å²) < 4.78 is 0. The molecule has 0 spiro atoms. The topological polar surface area (TPSA) is 55.0 Å². The number of aromatic nitrogens is 2. The second-order valence-corrected chi connectivity index (χ2v) is 6.68. The van der Waals surface area contributed by atoms with Crippen molar-refractivity contribution >= 4 is 27.4 Å². The number of hydrogen-bond donors (Lipinski definition) is 1. The number of thiophene rings is 1. The van der Waals surface area contributed by atoms with E-state index in [0.29, 0.717) is 11.2 Å². The number of rotatable bonds is 2. The van der Waals surface area contributed by atoms with Crippen LogP contribution in [-0.2, 0) is 6.54 Å². The molecule has 1 fully saturated rings. The minimum Gasteiger partial charge on any atom is -0.383 e. The van der Waals surface area contributed by atoms with Crippen molar-refractivity contribution < 1.29 is 0 Å². The fraction of sp³-hybridized carbons (Fsp3) is 0.538. The molecule has 0 aliphatic carbocycles. The van der Waals surface area contributed by atoms with Crippen molar-refractivity contribution in [2.45, 2.75) is 26.8 Å². The zero-order chi connectivity index (χ0) is 12.8. The third-order valence-corrected chi connectivity index (χ3v) is 4.33. The van der Waals surface area contributed by atoms with Crippen molar-refractivity contribution in [1.29, 1.82) is 0 Å². The standard InChI is InChI=1S/C13H18N4S/c1-13(2)4-5-17(8-13)7-10-15-11(14)9-3-6-18-12(9)16-10/h3,6H,4-5,7-8H2,1-2H3,(H2,14,15,16). The fourth-order valence-electron chi connectivity index (χ4n) is 2.55. The molecule has 2 aromatic rings. The van der Waals surface area contributed by atoms with Crippen molar-refractivity contribution in [2.75, 3.05) is 18.8 Å². The Labute approximate surface area is 111 Å². The quantitative estimate of drug-likeness (QED) is 0.903. The highest BCUT2D eigenvalue weighted by atomic mass is 32.1. The van der Waals surface area contributed by atoms with Crippen LogP contribution in [0.2, 0.25) is 0 Å². The summed E-state index contributed by atoms with van der Waals surface area (Å²) >= 11 is 1.62. The summed E-state index contributed by atoms with van der Waals surface area (Å²) in [6, 6.07) is 1.98. The number of nitrogen functional groups attached to an aromatic ring is 1. The molecule has 1 saturated heterocycles. The Hall–Kier alpha value is -1.20. The molecule has 1 aliphatic heterocycles. The molecule has 2 aromatic heterocycles. The van der Waals surface area contributed by atoms with Crippen molar-refractivity contribution in [1.82, 2.24) is 14.9 Å². The third-order valence-electron chi connectivity index (χ3n) is 3.52. The summed E-state index contributed by atoms with van der Waals surface area (Å²) in [5.74, 6) is 1.45. The number of hydrogen-bond acceptors (Lipinski definition) is 5. The zero-order valence-electron chi connectivity index (χ0n) is 10.8. The maximum absolute atomic E-state index is 5.97. The van der Waals surface area contributed by atoms with Gasteiger partial charge in [-0.15, -0.1) is 11.3 Å². The molecule has 5 heteroatoms. The highest BCUT2D eigenvalue weighted by molar-refractivity contribution is 7.16. The molecular formula is C13H18N4S. The molecular weight excluding hydrogens is 244 g/mol. The first kappa shape index (κ1) is 11.9. The average Bonchev–Trinajstić information content (AvgIpc) is 2.85. The SMILES string of the molecule is CC1(C)CCN(Cc2nc(N)c3ccsc3n2)C1. The number of anilines is 1.